The first-order valence-corrected chi connectivity index (χ1v) is 7.11. The minimum Gasteiger partial charge on any atom is -0.387 e. The number of halogens is 1. The van der Waals surface area contributed by atoms with Crippen LogP contribution in [-0.2, 0) is 10.3 Å². The minimum atomic E-state index is -2.28. The van der Waals surface area contributed by atoms with E-state index in [4.69, 9.17) is 16.3 Å². The Morgan fingerprint density at radius 3 is 2.50 bits per heavy atom. The molecular formula is C14H16ClNO6. The van der Waals surface area contributed by atoms with E-state index >= 15 is 0 Å². The maximum atomic E-state index is 10.8. The Kier molecular flexibility index (Phi) is 3.90. The Labute approximate surface area is 130 Å². The molecule has 22 heavy (non-hydrogen) atoms. The zero-order valence-corrected chi connectivity index (χ0v) is 12.1. The smallest absolute Gasteiger partial charge is 0.184 e. The standard InChI is InChI=1S/C14H16ClNO6/c15-12(19)9-10(17)14(21,11(18)13(20)22-9)8-5-6-3-1-2-4-7(6)16-8/h1-5,9-13,16-21H/t9-,10+,11-,12?,13-,14-/m0/s1. The van der Waals surface area contributed by atoms with Gasteiger partial charge in [-0.3, -0.25) is 0 Å². The summed E-state index contributed by atoms with van der Waals surface area (Å²) in [5, 5.41) is 51.2. The lowest BCUT2D eigenvalue weighted by atomic mass is 9.81. The van der Waals surface area contributed by atoms with Gasteiger partial charge in [0, 0.05) is 5.52 Å². The first kappa shape index (κ1) is 15.7. The summed E-state index contributed by atoms with van der Waals surface area (Å²) in [6, 6.07) is 8.65. The molecule has 0 radical (unpaired) electrons. The van der Waals surface area contributed by atoms with Gasteiger partial charge in [-0.1, -0.05) is 29.8 Å². The summed E-state index contributed by atoms with van der Waals surface area (Å²) >= 11 is 5.51. The highest BCUT2D eigenvalue weighted by Gasteiger charge is 2.58. The predicted octanol–water partition coefficient (Wildman–Crippen LogP) is -0.648. The third-order valence-corrected chi connectivity index (χ3v) is 4.26. The second-order valence-electron chi connectivity index (χ2n) is 5.35. The van der Waals surface area contributed by atoms with Gasteiger partial charge in [-0.2, -0.15) is 0 Å². The second-order valence-corrected chi connectivity index (χ2v) is 5.80. The molecule has 6 N–H and O–H groups in total. The van der Waals surface area contributed by atoms with Crippen molar-refractivity contribution >= 4 is 22.5 Å². The van der Waals surface area contributed by atoms with Crippen molar-refractivity contribution in [2.75, 3.05) is 0 Å². The van der Waals surface area contributed by atoms with Gasteiger partial charge in [0.1, 0.15) is 18.3 Å². The average molecular weight is 330 g/mol. The molecule has 8 heteroatoms. The Balaban J connectivity index is 2.10. The normalized spacial score (nSPS) is 37.4. The number of aliphatic hydroxyl groups excluding tert-OH is 4. The molecular weight excluding hydrogens is 314 g/mol. The Morgan fingerprint density at radius 1 is 1.18 bits per heavy atom. The van der Waals surface area contributed by atoms with Crippen LogP contribution in [0.4, 0.5) is 0 Å². The molecule has 1 aliphatic rings. The van der Waals surface area contributed by atoms with Crippen LogP contribution >= 0.6 is 11.6 Å². The van der Waals surface area contributed by atoms with Gasteiger partial charge in [-0.25, -0.2) is 0 Å². The number of aromatic nitrogens is 1. The van der Waals surface area contributed by atoms with E-state index in [1.54, 1.807) is 24.3 Å². The van der Waals surface area contributed by atoms with E-state index < -0.39 is 35.8 Å². The van der Waals surface area contributed by atoms with Gasteiger partial charge >= 0.3 is 0 Å². The molecule has 1 aromatic heterocycles. The van der Waals surface area contributed by atoms with E-state index in [1.165, 1.54) is 6.07 Å². The monoisotopic (exact) mass is 329 g/mol. The fourth-order valence-corrected chi connectivity index (χ4v) is 2.97. The summed E-state index contributed by atoms with van der Waals surface area (Å²) in [5.41, 5.74) is -3.20. The van der Waals surface area contributed by atoms with Crippen molar-refractivity contribution in [2.45, 2.75) is 35.8 Å². The predicted molar refractivity (Wildman–Crippen MR) is 76.9 cm³/mol. The highest BCUT2D eigenvalue weighted by atomic mass is 35.5. The van der Waals surface area contributed by atoms with Crippen molar-refractivity contribution < 1.29 is 30.3 Å². The molecule has 1 fully saturated rings. The molecule has 2 aromatic rings. The molecule has 1 saturated heterocycles. The van der Waals surface area contributed by atoms with Gasteiger partial charge in [-0.05, 0) is 17.5 Å². The minimum absolute atomic E-state index is 0.0818. The van der Waals surface area contributed by atoms with Crippen LogP contribution in [0, 0.1) is 0 Å². The summed E-state index contributed by atoms with van der Waals surface area (Å²) in [7, 11) is 0. The summed E-state index contributed by atoms with van der Waals surface area (Å²) in [5.74, 6) is 0. The number of aromatic amines is 1. The first-order chi connectivity index (χ1) is 10.4. The number of para-hydroxylation sites is 1. The summed E-state index contributed by atoms with van der Waals surface area (Å²) in [6.07, 6.45) is -6.89. The van der Waals surface area contributed by atoms with Crippen molar-refractivity contribution in [1.82, 2.24) is 4.98 Å². The van der Waals surface area contributed by atoms with Crippen molar-refractivity contribution in [3.05, 3.63) is 36.0 Å². The topological polar surface area (TPSA) is 126 Å². The molecule has 7 nitrogen and oxygen atoms in total. The van der Waals surface area contributed by atoms with Crippen LogP contribution in [0.15, 0.2) is 30.3 Å². The number of hydrogen-bond donors (Lipinski definition) is 6. The quantitative estimate of drug-likeness (QED) is 0.407. The van der Waals surface area contributed by atoms with Gasteiger partial charge in [0.05, 0.1) is 5.69 Å². The van der Waals surface area contributed by atoms with Gasteiger partial charge in [0.25, 0.3) is 0 Å². The number of benzene rings is 1. The molecule has 1 aromatic carbocycles. The highest BCUT2D eigenvalue weighted by molar-refractivity contribution is 6.19. The Hall–Kier alpha value is -1.19. The van der Waals surface area contributed by atoms with Gasteiger partial charge in [0.15, 0.2) is 17.5 Å². The van der Waals surface area contributed by atoms with Crippen LogP contribution in [-0.4, -0.2) is 60.7 Å². The molecule has 0 amide bonds. The largest absolute Gasteiger partial charge is 0.387 e. The third-order valence-electron chi connectivity index (χ3n) is 4.01. The maximum absolute atomic E-state index is 10.8. The molecule has 0 saturated carbocycles. The average Bonchev–Trinajstić information content (AvgIpc) is 2.93. The van der Waals surface area contributed by atoms with E-state index in [9.17, 15) is 25.5 Å². The van der Waals surface area contributed by atoms with Crippen LogP contribution in [0.5, 0.6) is 0 Å². The Morgan fingerprint density at radius 2 is 1.86 bits per heavy atom. The maximum Gasteiger partial charge on any atom is 0.184 e. The number of aliphatic hydroxyl groups is 5. The van der Waals surface area contributed by atoms with Crippen molar-refractivity contribution in [3.63, 3.8) is 0 Å². The summed E-state index contributed by atoms with van der Waals surface area (Å²) < 4.78 is 4.86. The molecule has 0 spiro atoms. The molecule has 3 rings (SSSR count). The number of fused-ring (bicyclic) bond motifs is 1. The molecule has 120 valence electrons. The lowest BCUT2D eigenvalue weighted by Gasteiger charge is -2.46. The molecule has 2 heterocycles. The van der Waals surface area contributed by atoms with Crippen LogP contribution in [0.1, 0.15) is 5.69 Å². The molecule has 1 aliphatic heterocycles. The van der Waals surface area contributed by atoms with Crippen molar-refractivity contribution in [1.29, 1.82) is 0 Å². The van der Waals surface area contributed by atoms with Gasteiger partial charge in [-0.15, -0.1) is 0 Å². The zero-order chi connectivity index (χ0) is 16.1. The fraction of sp³-hybridized carbons (Fsp3) is 0.429. The SMILES string of the molecule is OC(Cl)[C@H]1O[C@H](O)[C@H](O)[C@](O)(c2cc3ccccc3[nH]2)[C@@H]1O. The molecule has 1 unspecified atom stereocenters. The van der Waals surface area contributed by atoms with E-state index in [-0.39, 0.29) is 5.69 Å². The van der Waals surface area contributed by atoms with Crippen molar-refractivity contribution in [2.24, 2.45) is 0 Å². The van der Waals surface area contributed by atoms with Crippen LogP contribution in [0.3, 0.4) is 0 Å². The summed E-state index contributed by atoms with van der Waals surface area (Å²) in [6.45, 7) is 0. The molecule has 6 atom stereocenters. The third kappa shape index (κ3) is 2.22. The lowest BCUT2D eigenvalue weighted by Crippen LogP contribution is -2.66. The van der Waals surface area contributed by atoms with E-state index in [0.717, 1.165) is 5.39 Å². The van der Waals surface area contributed by atoms with Crippen LogP contribution in [0.25, 0.3) is 10.9 Å². The van der Waals surface area contributed by atoms with E-state index in [0.29, 0.717) is 5.52 Å². The number of H-pyrrole nitrogens is 1. The van der Waals surface area contributed by atoms with Gasteiger partial charge in [0.2, 0.25) is 0 Å². The highest BCUT2D eigenvalue weighted by Crippen LogP contribution is 2.39. The molecule has 0 aliphatic carbocycles. The van der Waals surface area contributed by atoms with Crippen molar-refractivity contribution in [3.8, 4) is 0 Å². The number of nitrogens with one attached hydrogen (secondary N) is 1. The lowest BCUT2D eigenvalue weighted by molar-refractivity contribution is -0.330. The number of rotatable bonds is 2. The van der Waals surface area contributed by atoms with E-state index in [1.807, 2.05) is 0 Å². The fourth-order valence-electron chi connectivity index (χ4n) is 2.78. The van der Waals surface area contributed by atoms with Crippen LogP contribution in [0.2, 0.25) is 0 Å². The second kappa shape index (κ2) is 5.47. The van der Waals surface area contributed by atoms with Crippen LogP contribution < -0.4 is 0 Å². The zero-order valence-electron chi connectivity index (χ0n) is 11.3. The van der Waals surface area contributed by atoms with E-state index in [2.05, 4.69) is 4.98 Å². The number of ether oxygens (including phenoxy) is 1. The Bertz CT molecular complexity index is 643. The van der Waals surface area contributed by atoms with Gasteiger partial charge < -0.3 is 35.3 Å². The first-order valence-electron chi connectivity index (χ1n) is 6.68. The number of alkyl halides is 1. The number of hydrogen-bond acceptors (Lipinski definition) is 6. The summed E-state index contributed by atoms with van der Waals surface area (Å²) in [4.78, 5) is 2.89. The molecule has 0 bridgehead atoms.